The van der Waals surface area contributed by atoms with Crippen LogP contribution in [-0.4, -0.2) is 70.6 Å². The van der Waals surface area contributed by atoms with E-state index in [2.05, 4.69) is 66.5 Å². The number of nitrogens with zero attached hydrogens (tertiary/aromatic N) is 5. The van der Waals surface area contributed by atoms with Crippen molar-refractivity contribution in [3.05, 3.63) is 72.1 Å². The van der Waals surface area contributed by atoms with Gasteiger partial charge in [-0.25, -0.2) is 9.97 Å². The zero-order chi connectivity index (χ0) is 26.7. The molecule has 1 fully saturated rings. The summed E-state index contributed by atoms with van der Waals surface area (Å²) in [7, 11) is 2.14. The van der Waals surface area contributed by atoms with Gasteiger partial charge in [0.15, 0.2) is 0 Å². The molecular formula is C28H34N8O2. The Labute approximate surface area is 222 Å². The van der Waals surface area contributed by atoms with Crippen LogP contribution in [0.25, 0.3) is 0 Å². The molecule has 0 radical (unpaired) electrons. The maximum Gasteiger partial charge on any atom is 0.256 e. The fraction of sp³-hybridized carbons (Fsp3) is 0.357. The van der Waals surface area contributed by atoms with Crippen molar-refractivity contribution < 1.29 is 9.90 Å². The van der Waals surface area contributed by atoms with E-state index in [1.807, 2.05) is 24.3 Å². The van der Waals surface area contributed by atoms with Gasteiger partial charge < -0.3 is 30.9 Å². The van der Waals surface area contributed by atoms with Gasteiger partial charge in [-0.15, -0.1) is 6.58 Å². The number of hydrogen-bond acceptors (Lipinski definition) is 9. The number of aliphatic hydroxyl groups is 1. The molecule has 10 heteroatoms. The largest absolute Gasteiger partial charge is 0.384 e. The first-order chi connectivity index (χ1) is 18.3. The van der Waals surface area contributed by atoms with E-state index in [-0.39, 0.29) is 11.5 Å². The zero-order valence-corrected chi connectivity index (χ0v) is 21.9. The summed E-state index contributed by atoms with van der Waals surface area (Å²) in [5.74, 6) is 0.810. The van der Waals surface area contributed by atoms with Crippen molar-refractivity contribution in [2.45, 2.75) is 25.4 Å². The monoisotopic (exact) mass is 514 g/mol. The van der Waals surface area contributed by atoms with Crippen LogP contribution in [0, 0.1) is 0 Å². The van der Waals surface area contributed by atoms with Crippen molar-refractivity contribution in [2.24, 2.45) is 0 Å². The number of aryl methyl sites for hydroxylation is 1. The summed E-state index contributed by atoms with van der Waals surface area (Å²) >= 11 is 0. The number of carbonyl (C=O) groups excluding carboxylic acids is 1. The van der Waals surface area contributed by atoms with Crippen molar-refractivity contribution in [1.29, 1.82) is 0 Å². The van der Waals surface area contributed by atoms with Crippen LogP contribution in [-0.2, 0) is 12.0 Å². The van der Waals surface area contributed by atoms with E-state index >= 15 is 0 Å². The molecule has 2 aromatic heterocycles. The summed E-state index contributed by atoms with van der Waals surface area (Å²) in [5, 5.41) is 19.9. The predicted molar refractivity (Wildman–Crippen MR) is 149 cm³/mol. The van der Waals surface area contributed by atoms with E-state index in [0.717, 1.165) is 43.9 Å². The molecule has 38 heavy (non-hydrogen) atoms. The number of likely N-dealkylation sites (N-methyl/N-ethyl adjacent to an activating group) is 1. The summed E-state index contributed by atoms with van der Waals surface area (Å²) in [4.78, 5) is 31.1. The van der Waals surface area contributed by atoms with Gasteiger partial charge in [-0.1, -0.05) is 12.1 Å². The van der Waals surface area contributed by atoms with Crippen molar-refractivity contribution >= 4 is 34.9 Å². The zero-order valence-electron chi connectivity index (χ0n) is 21.9. The van der Waals surface area contributed by atoms with Crippen LogP contribution >= 0.6 is 0 Å². The maximum absolute atomic E-state index is 12.8. The van der Waals surface area contributed by atoms with Crippen LogP contribution in [0.1, 0.15) is 35.0 Å². The molecule has 3 heterocycles. The summed E-state index contributed by atoms with van der Waals surface area (Å²) in [6.45, 7) is 9.84. The lowest BCUT2D eigenvalue weighted by molar-refractivity contribution is 0.0555. The third-order valence-electron chi connectivity index (χ3n) is 7.05. The highest BCUT2D eigenvalue weighted by Gasteiger charge is 2.33. The lowest BCUT2D eigenvalue weighted by atomic mass is 10.0. The Morgan fingerprint density at radius 1 is 1.11 bits per heavy atom. The number of rotatable bonds is 8. The van der Waals surface area contributed by atoms with Crippen LogP contribution in [0.4, 0.5) is 29.0 Å². The van der Waals surface area contributed by atoms with Gasteiger partial charge in [-0.2, -0.15) is 4.98 Å². The van der Waals surface area contributed by atoms with E-state index in [4.69, 9.17) is 0 Å². The number of hydrogen-bond donors (Lipinski definition) is 4. The second-order valence-corrected chi connectivity index (χ2v) is 10.0. The highest BCUT2D eigenvalue weighted by Crippen LogP contribution is 2.36. The summed E-state index contributed by atoms with van der Waals surface area (Å²) in [5.41, 5.74) is 2.98. The average Bonchev–Trinajstić information content (AvgIpc) is 3.22. The maximum atomic E-state index is 12.8. The van der Waals surface area contributed by atoms with Gasteiger partial charge in [-0.05, 0) is 62.7 Å². The van der Waals surface area contributed by atoms with Crippen molar-refractivity contribution in [3.8, 4) is 0 Å². The number of aromatic nitrogens is 3. The Morgan fingerprint density at radius 2 is 1.87 bits per heavy atom. The molecule has 0 spiro atoms. The van der Waals surface area contributed by atoms with E-state index in [1.54, 1.807) is 13.0 Å². The van der Waals surface area contributed by atoms with Crippen LogP contribution in [0.2, 0.25) is 0 Å². The second-order valence-electron chi connectivity index (χ2n) is 10.0. The second kappa shape index (κ2) is 10.8. The molecule has 0 saturated carbocycles. The molecule has 1 aliphatic carbocycles. The number of anilines is 5. The molecule has 1 aromatic carbocycles. The smallest absolute Gasteiger partial charge is 0.256 e. The van der Waals surface area contributed by atoms with Crippen LogP contribution in [0.5, 0.6) is 0 Å². The van der Waals surface area contributed by atoms with Gasteiger partial charge >= 0.3 is 0 Å². The molecule has 198 valence electrons. The summed E-state index contributed by atoms with van der Waals surface area (Å²) < 4.78 is 0. The standard InChI is InChI=1S/C28H34N8O2/c1-4-13-29-26(37)22-18-30-27(31-20-6-8-21(9-7-20)36-16-14-35(3)15-17-36)34-25(22)33-23-10-5-19-11-12-28(2,38)24(19)32-23/h4-10,18,38H,1,11-17H2,2-3H3,(H,29,37)(H2,30,31,32,33,34)/t28-/m0/s1. The minimum atomic E-state index is -0.980. The molecule has 1 amide bonds. The fourth-order valence-corrected chi connectivity index (χ4v) is 4.76. The highest BCUT2D eigenvalue weighted by molar-refractivity contribution is 5.99. The number of piperazine rings is 1. The van der Waals surface area contributed by atoms with E-state index in [0.29, 0.717) is 36.2 Å². The van der Waals surface area contributed by atoms with Gasteiger partial charge in [0.2, 0.25) is 5.95 Å². The molecule has 0 bridgehead atoms. The number of pyridine rings is 1. The number of fused-ring (bicyclic) bond motifs is 1. The summed E-state index contributed by atoms with van der Waals surface area (Å²) in [6.07, 6.45) is 4.50. The Bertz CT molecular complexity index is 1320. The molecule has 1 atom stereocenters. The first-order valence-electron chi connectivity index (χ1n) is 12.9. The Kier molecular flexibility index (Phi) is 7.26. The van der Waals surface area contributed by atoms with Gasteiger partial charge in [0.25, 0.3) is 5.91 Å². The lowest BCUT2D eigenvalue weighted by Gasteiger charge is -2.34. The molecular weight excluding hydrogens is 480 g/mol. The third-order valence-corrected chi connectivity index (χ3v) is 7.05. The quantitative estimate of drug-likeness (QED) is 0.336. The van der Waals surface area contributed by atoms with Gasteiger partial charge in [0.1, 0.15) is 22.8 Å². The first kappa shape index (κ1) is 25.6. The molecule has 2 aliphatic rings. The summed E-state index contributed by atoms with van der Waals surface area (Å²) in [6, 6.07) is 12.0. The molecule has 1 saturated heterocycles. The van der Waals surface area contributed by atoms with E-state index < -0.39 is 5.60 Å². The first-order valence-corrected chi connectivity index (χ1v) is 12.9. The minimum absolute atomic E-state index is 0.275. The van der Waals surface area contributed by atoms with E-state index in [9.17, 15) is 9.90 Å². The fourth-order valence-electron chi connectivity index (χ4n) is 4.76. The molecule has 4 N–H and O–H groups in total. The van der Waals surface area contributed by atoms with Crippen molar-refractivity contribution in [3.63, 3.8) is 0 Å². The third kappa shape index (κ3) is 5.61. The normalized spacial score (nSPS) is 19.1. The predicted octanol–water partition coefficient (Wildman–Crippen LogP) is 3.18. The van der Waals surface area contributed by atoms with Gasteiger partial charge in [0.05, 0.1) is 5.69 Å². The van der Waals surface area contributed by atoms with Gasteiger partial charge in [-0.3, -0.25) is 4.79 Å². The van der Waals surface area contributed by atoms with Crippen LogP contribution in [0.3, 0.4) is 0 Å². The minimum Gasteiger partial charge on any atom is -0.384 e. The van der Waals surface area contributed by atoms with Crippen molar-refractivity contribution in [2.75, 3.05) is 55.3 Å². The Balaban J connectivity index is 1.37. The number of amides is 1. The SMILES string of the molecule is C=CCNC(=O)c1cnc(Nc2ccc(N3CCN(C)CC3)cc2)nc1Nc1ccc2c(n1)[C@@](C)(O)CC2. The number of carbonyl (C=O) groups is 1. The highest BCUT2D eigenvalue weighted by atomic mass is 16.3. The Morgan fingerprint density at radius 3 is 2.61 bits per heavy atom. The number of benzene rings is 1. The Hall–Kier alpha value is -4.02. The van der Waals surface area contributed by atoms with Gasteiger partial charge in [0, 0.05) is 50.3 Å². The van der Waals surface area contributed by atoms with Crippen molar-refractivity contribution in [1.82, 2.24) is 25.2 Å². The molecule has 3 aromatic rings. The van der Waals surface area contributed by atoms with Crippen LogP contribution < -0.4 is 20.9 Å². The van der Waals surface area contributed by atoms with E-state index in [1.165, 1.54) is 11.9 Å². The lowest BCUT2D eigenvalue weighted by Crippen LogP contribution is -2.44. The van der Waals surface area contributed by atoms with Crippen LogP contribution in [0.15, 0.2) is 55.3 Å². The molecule has 5 rings (SSSR count). The molecule has 0 unspecified atom stereocenters. The molecule has 10 nitrogen and oxygen atoms in total. The average molecular weight is 515 g/mol. The topological polar surface area (TPSA) is 119 Å². The number of nitrogens with one attached hydrogen (secondary N) is 3. The molecule has 1 aliphatic heterocycles.